The van der Waals surface area contributed by atoms with Gasteiger partial charge < -0.3 is 10.1 Å². The van der Waals surface area contributed by atoms with Gasteiger partial charge in [0.2, 0.25) is 0 Å². The van der Waals surface area contributed by atoms with Gasteiger partial charge in [-0.25, -0.2) is 0 Å². The number of hydrogen-bond acceptors (Lipinski definition) is 3. The molecule has 0 saturated heterocycles. The van der Waals surface area contributed by atoms with Crippen LogP contribution in [0.5, 0.6) is 5.75 Å². The van der Waals surface area contributed by atoms with Gasteiger partial charge in [0.25, 0.3) is 5.91 Å². The molecular formula is C21H26N2O2S. The van der Waals surface area contributed by atoms with E-state index in [0.717, 1.165) is 11.3 Å². The number of aryl methyl sites for hydroxylation is 2. The first-order valence-electron chi connectivity index (χ1n) is 8.56. The van der Waals surface area contributed by atoms with Gasteiger partial charge >= 0.3 is 0 Å². The highest BCUT2D eigenvalue weighted by atomic mass is 32.1. The average molecular weight is 371 g/mol. The molecule has 2 aromatic carbocycles. The Morgan fingerprint density at radius 2 is 1.69 bits per heavy atom. The molecule has 2 N–H and O–H groups in total. The number of anilines is 1. The van der Waals surface area contributed by atoms with Gasteiger partial charge in [-0.2, -0.15) is 0 Å². The smallest absolute Gasteiger partial charge is 0.264 e. The Hall–Kier alpha value is -2.40. The third kappa shape index (κ3) is 5.85. The van der Waals surface area contributed by atoms with Gasteiger partial charge in [0.1, 0.15) is 5.75 Å². The maximum absolute atomic E-state index is 12.0. The monoisotopic (exact) mass is 370 g/mol. The maximum Gasteiger partial charge on any atom is 0.264 e. The topological polar surface area (TPSA) is 50.4 Å². The maximum atomic E-state index is 12.0. The number of benzene rings is 2. The second-order valence-corrected chi connectivity index (χ2v) is 7.77. The minimum absolute atomic E-state index is 0.0854. The van der Waals surface area contributed by atoms with Crippen molar-refractivity contribution in [2.24, 2.45) is 0 Å². The van der Waals surface area contributed by atoms with Gasteiger partial charge in [0.15, 0.2) is 11.7 Å². The SMILES string of the molecule is Cc1ccc(NC(=S)NC(=O)COc2ccc(C(C)(C)C)cc2)cc1C. The van der Waals surface area contributed by atoms with Crippen molar-refractivity contribution in [2.45, 2.75) is 40.0 Å². The van der Waals surface area contributed by atoms with Crippen LogP contribution in [-0.2, 0) is 10.2 Å². The summed E-state index contributed by atoms with van der Waals surface area (Å²) in [6, 6.07) is 13.7. The molecule has 0 aliphatic carbocycles. The van der Waals surface area contributed by atoms with Crippen molar-refractivity contribution in [3.05, 3.63) is 59.2 Å². The second-order valence-electron chi connectivity index (χ2n) is 7.36. The highest BCUT2D eigenvalue weighted by Crippen LogP contribution is 2.24. The third-order valence-electron chi connectivity index (χ3n) is 4.11. The lowest BCUT2D eigenvalue weighted by Gasteiger charge is -2.19. The van der Waals surface area contributed by atoms with Crippen molar-refractivity contribution < 1.29 is 9.53 Å². The molecule has 0 saturated carbocycles. The molecule has 0 unspecified atom stereocenters. The van der Waals surface area contributed by atoms with Crippen LogP contribution in [-0.4, -0.2) is 17.6 Å². The lowest BCUT2D eigenvalue weighted by molar-refractivity contribution is -0.121. The molecule has 138 valence electrons. The molecule has 1 amide bonds. The van der Waals surface area contributed by atoms with Crippen LogP contribution in [0.25, 0.3) is 0 Å². The molecule has 0 bridgehead atoms. The number of ether oxygens (including phenoxy) is 1. The van der Waals surface area contributed by atoms with E-state index in [1.54, 1.807) is 0 Å². The second kappa shape index (κ2) is 8.32. The number of carbonyl (C=O) groups excluding carboxylic acids is 1. The molecule has 26 heavy (non-hydrogen) atoms. The van der Waals surface area contributed by atoms with E-state index >= 15 is 0 Å². The molecule has 0 heterocycles. The molecule has 0 aliphatic heterocycles. The van der Waals surface area contributed by atoms with Crippen molar-refractivity contribution in [2.75, 3.05) is 11.9 Å². The van der Waals surface area contributed by atoms with Crippen molar-refractivity contribution in [1.82, 2.24) is 5.32 Å². The molecule has 2 rings (SSSR count). The third-order valence-corrected chi connectivity index (χ3v) is 4.31. The number of rotatable bonds is 4. The van der Waals surface area contributed by atoms with Crippen molar-refractivity contribution in [3.63, 3.8) is 0 Å². The summed E-state index contributed by atoms with van der Waals surface area (Å²) in [7, 11) is 0. The summed E-state index contributed by atoms with van der Waals surface area (Å²) in [5.74, 6) is 0.354. The zero-order chi connectivity index (χ0) is 19.3. The van der Waals surface area contributed by atoms with Gasteiger partial charge in [-0.3, -0.25) is 10.1 Å². The van der Waals surface area contributed by atoms with E-state index in [4.69, 9.17) is 17.0 Å². The number of nitrogens with one attached hydrogen (secondary N) is 2. The highest BCUT2D eigenvalue weighted by Gasteiger charge is 2.13. The molecule has 0 radical (unpaired) electrons. The van der Waals surface area contributed by atoms with Gasteiger partial charge in [0, 0.05) is 5.69 Å². The minimum atomic E-state index is -0.300. The predicted molar refractivity (Wildman–Crippen MR) is 111 cm³/mol. The molecule has 0 atom stereocenters. The van der Waals surface area contributed by atoms with Gasteiger partial charge in [0.05, 0.1) is 0 Å². The Morgan fingerprint density at radius 3 is 2.27 bits per heavy atom. The van der Waals surface area contributed by atoms with Gasteiger partial charge in [-0.05, 0) is 72.4 Å². The minimum Gasteiger partial charge on any atom is -0.484 e. The predicted octanol–water partition coefficient (Wildman–Crippen LogP) is 4.49. The van der Waals surface area contributed by atoms with E-state index < -0.39 is 0 Å². The Labute approximate surface area is 161 Å². The normalized spacial score (nSPS) is 11.0. The van der Waals surface area contributed by atoms with Crippen LogP contribution in [0.2, 0.25) is 0 Å². The Morgan fingerprint density at radius 1 is 1.04 bits per heavy atom. The van der Waals surface area contributed by atoms with E-state index in [2.05, 4.69) is 31.4 Å². The first-order valence-corrected chi connectivity index (χ1v) is 8.97. The fourth-order valence-electron chi connectivity index (χ4n) is 2.34. The van der Waals surface area contributed by atoms with Crippen LogP contribution in [0.15, 0.2) is 42.5 Å². The zero-order valence-electron chi connectivity index (χ0n) is 16.0. The summed E-state index contributed by atoms with van der Waals surface area (Å²) >= 11 is 5.18. The number of carbonyl (C=O) groups is 1. The highest BCUT2D eigenvalue weighted by molar-refractivity contribution is 7.80. The molecule has 2 aromatic rings. The molecule has 0 spiro atoms. The average Bonchev–Trinajstić information content (AvgIpc) is 2.56. The summed E-state index contributed by atoms with van der Waals surface area (Å²) in [5.41, 5.74) is 4.51. The van der Waals surface area contributed by atoms with Crippen molar-refractivity contribution in [3.8, 4) is 5.75 Å². The van der Waals surface area contributed by atoms with Crippen LogP contribution >= 0.6 is 12.2 Å². The Balaban J connectivity index is 1.82. The van der Waals surface area contributed by atoms with Crippen LogP contribution in [0.4, 0.5) is 5.69 Å². The number of amides is 1. The van der Waals surface area contributed by atoms with E-state index in [1.165, 1.54) is 11.1 Å². The quantitative estimate of drug-likeness (QED) is 0.779. The molecule has 5 heteroatoms. The lowest BCUT2D eigenvalue weighted by Crippen LogP contribution is -2.37. The van der Waals surface area contributed by atoms with Crippen LogP contribution in [0, 0.1) is 13.8 Å². The van der Waals surface area contributed by atoms with Crippen LogP contribution < -0.4 is 15.4 Å². The summed E-state index contributed by atoms with van der Waals surface area (Å²) < 4.78 is 5.52. The molecule has 0 aromatic heterocycles. The van der Waals surface area contributed by atoms with E-state index in [1.807, 2.05) is 56.3 Å². The summed E-state index contributed by atoms with van der Waals surface area (Å²) in [4.78, 5) is 12.0. The summed E-state index contributed by atoms with van der Waals surface area (Å²) in [6.45, 7) is 10.4. The first kappa shape index (κ1) is 19.9. The fraction of sp³-hybridized carbons (Fsp3) is 0.333. The summed E-state index contributed by atoms with van der Waals surface area (Å²) in [5, 5.41) is 5.89. The van der Waals surface area contributed by atoms with Crippen LogP contribution in [0.1, 0.15) is 37.5 Å². The van der Waals surface area contributed by atoms with Gasteiger partial charge in [-0.15, -0.1) is 0 Å². The molecular weight excluding hydrogens is 344 g/mol. The molecule has 0 aliphatic rings. The number of hydrogen-bond donors (Lipinski definition) is 2. The largest absolute Gasteiger partial charge is 0.484 e. The zero-order valence-corrected chi connectivity index (χ0v) is 16.8. The Bertz CT molecular complexity index is 793. The molecule has 4 nitrogen and oxygen atoms in total. The fourth-order valence-corrected chi connectivity index (χ4v) is 2.58. The van der Waals surface area contributed by atoms with Crippen molar-refractivity contribution in [1.29, 1.82) is 0 Å². The van der Waals surface area contributed by atoms with Crippen LogP contribution in [0.3, 0.4) is 0 Å². The summed E-state index contributed by atoms with van der Waals surface area (Å²) in [6.07, 6.45) is 0. The van der Waals surface area contributed by atoms with Crippen molar-refractivity contribution >= 4 is 28.9 Å². The first-order chi connectivity index (χ1) is 12.1. The van der Waals surface area contributed by atoms with E-state index in [9.17, 15) is 4.79 Å². The van der Waals surface area contributed by atoms with E-state index in [0.29, 0.717) is 5.75 Å². The Kier molecular flexibility index (Phi) is 6.37. The van der Waals surface area contributed by atoms with Gasteiger partial charge in [-0.1, -0.05) is 39.0 Å². The lowest BCUT2D eigenvalue weighted by atomic mass is 9.87. The molecule has 0 fully saturated rings. The standard InChI is InChI=1S/C21H26N2O2S/c1-14-6-9-17(12-15(14)2)22-20(26)23-19(24)13-25-18-10-7-16(8-11-18)21(3,4)5/h6-12H,13H2,1-5H3,(H2,22,23,24,26). The van der Waals surface area contributed by atoms with E-state index in [-0.39, 0.29) is 23.0 Å². The number of thiocarbonyl (C=S) groups is 1.